The molecule has 0 fully saturated rings. The van der Waals surface area contributed by atoms with Crippen molar-refractivity contribution in [1.29, 1.82) is 0 Å². The molecule has 0 aliphatic carbocycles. The van der Waals surface area contributed by atoms with Crippen LogP contribution in [-0.2, 0) is 5.75 Å². The molecule has 0 aliphatic rings. The van der Waals surface area contributed by atoms with Gasteiger partial charge in [0.05, 0.1) is 18.4 Å². The van der Waals surface area contributed by atoms with Crippen LogP contribution in [0.4, 0.5) is 4.39 Å². The lowest BCUT2D eigenvalue weighted by atomic mass is 10.2. The van der Waals surface area contributed by atoms with E-state index in [4.69, 9.17) is 9.84 Å². The molecule has 21 heavy (non-hydrogen) atoms. The maximum Gasteiger partial charge on any atom is 0.338 e. The van der Waals surface area contributed by atoms with Gasteiger partial charge in [0.15, 0.2) is 0 Å². The molecule has 110 valence electrons. The molecule has 0 aliphatic heterocycles. The molecule has 2 rings (SSSR count). The fourth-order valence-corrected chi connectivity index (χ4v) is 2.64. The van der Waals surface area contributed by atoms with E-state index in [1.165, 1.54) is 17.8 Å². The Morgan fingerprint density at radius 3 is 2.81 bits per heavy atom. The van der Waals surface area contributed by atoms with Crippen molar-refractivity contribution in [2.75, 3.05) is 7.11 Å². The monoisotopic (exact) mass is 307 g/mol. The van der Waals surface area contributed by atoms with Crippen LogP contribution in [0.1, 0.15) is 21.7 Å². The van der Waals surface area contributed by atoms with Gasteiger partial charge in [0.25, 0.3) is 0 Å². The average molecular weight is 307 g/mol. The second kappa shape index (κ2) is 6.58. The van der Waals surface area contributed by atoms with E-state index in [1.807, 2.05) is 19.1 Å². The quantitative estimate of drug-likeness (QED) is 0.856. The summed E-state index contributed by atoms with van der Waals surface area (Å²) < 4.78 is 18.5. The Labute approximate surface area is 126 Å². The first-order valence-electron chi connectivity index (χ1n) is 6.17. The zero-order valence-electron chi connectivity index (χ0n) is 11.6. The van der Waals surface area contributed by atoms with Crippen molar-refractivity contribution >= 4 is 17.7 Å². The van der Waals surface area contributed by atoms with Gasteiger partial charge in [0.2, 0.25) is 0 Å². The van der Waals surface area contributed by atoms with E-state index in [0.717, 1.165) is 23.2 Å². The van der Waals surface area contributed by atoms with E-state index < -0.39 is 11.8 Å². The number of ether oxygens (including phenoxy) is 1. The first kappa shape index (κ1) is 15.3. The number of carboxylic acid groups (broad SMARTS) is 1. The molecular formula is C15H14FNO3S. The summed E-state index contributed by atoms with van der Waals surface area (Å²) in [6.07, 6.45) is 0. The normalized spacial score (nSPS) is 10.4. The van der Waals surface area contributed by atoms with Crippen LogP contribution in [-0.4, -0.2) is 23.2 Å². The molecule has 0 saturated carbocycles. The van der Waals surface area contributed by atoms with Gasteiger partial charge in [-0.1, -0.05) is 0 Å². The molecule has 4 nitrogen and oxygen atoms in total. The summed E-state index contributed by atoms with van der Waals surface area (Å²) in [7, 11) is 1.59. The molecule has 0 atom stereocenters. The molecular weight excluding hydrogens is 293 g/mol. The Balaban J connectivity index is 2.15. The third kappa shape index (κ3) is 3.95. The molecule has 0 radical (unpaired) electrons. The number of halogens is 1. The van der Waals surface area contributed by atoms with Crippen molar-refractivity contribution in [3.05, 3.63) is 53.1 Å². The number of aromatic nitrogens is 1. The highest BCUT2D eigenvalue weighted by molar-refractivity contribution is 7.98. The minimum Gasteiger partial charge on any atom is -0.497 e. The summed E-state index contributed by atoms with van der Waals surface area (Å²) in [5.41, 5.74) is 1.34. The topological polar surface area (TPSA) is 59.4 Å². The average Bonchev–Trinajstić information content (AvgIpc) is 2.45. The highest BCUT2D eigenvalue weighted by Crippen LogP contribution is 2.26. The van der Waals surface area contributed by atoms with Crippen LogP contribution >= 0.6 is 11.8 Å². The van der Waals surface area contributed by atoms with Crippen LogP contribution in [0, 0.1) is 12.7 Å². The van der Waals surface area contributed by atoms with Gasteiger partial charge in [-0.2, -0.15) is 0 Å². The number of aromatic carboxylic acids is 1. The van der Waals surface area contributed by atoms with Gasteiger partial charge in [-0.25, -0.2) is 9.18 Å². The molecule has 0 amide bonds. The van der Waals surface area contributed by atoms with E-state index in [2.05, 4.69) is 4.98 Å². The molecule has 1 N–H and O–H groups in total. The lowest BCUT2D eigenvalue weighted by Gasteiger charge is -2.07. The predicted molar refractivity (Wildman–Crippen MR) is 78.4 cm³/mol. The van der Waals surface area contributed by atoms with E-state index in [-0.39, 0.29) is 5.56 Å². The first-order valence-corrected chi connectivity index (χ1v) is 7.15. The van der Waals surface area contributed by atoms with Crippen LogP contribution in [0.2, 0.25) is 0 Å². The number of methoxy groups -OCH3 is 1. The lowest BCUT2D eigenvalue weighted by molar-refractivity contribution is 0.0691. The largest absolute Gasteiger partial charge is 0.497 e. The maximum absolute atomic E-state index is 13.3. The first-order chi connectivity index (χ1) is 9.99. The van der Waals surface area contributed by atoms with E-state index in [1.54, 1.807) is 13.2 Å². The molecule has 2 aromatic rings. The van der Waals surface area contributed by atoms with Gasteiger partial charge < -0.3 is 9.84 Å². The Kier molecular flexibility index (Phi) is 4.80. The fourth-order valence-electron chi connectivity index (χ4n) is 1.81. The van der Waals surface area contributed by atoms with E-state index in [0.29, 0.717) is 10.6 Å². The van der Waals surface area contributed by atoms with Crippen molar-refractivity contribution in [3.63, 3.8) is 0 Å². The molecule has 0 unspecified atom stereocenters. The van der Waals surface area contributed by atoms with Crippen molar-refractivity contribution in [1.82, 2.24) is 4.98 Å². The molecule has 0 bridgehead atoms. The zero-order valence-corrected chi connectivity index (χ0v) is 12.4. The summed E-state index contributed by atoms with van der Waals surface area (Å²) in [4.78, 5) is 16.0. The van der Waals surface area contributed by atoms with Crippen molar-refractivity contribution in [2.24, 2.45) is 0 Å². The Hall–Kier alpha value is -2.08. The summed E-state index contributed by atoms with van der Waals surface area (Å²) in [5.74, 6) is -0.737. The second-order valence-electron chi connectivity index (χ2n) is 4.38. The summed E-state index contributed by atoms with van der Waals surface area (Å²) in [5, 5.41) is 8.90. The summed E-state index contributed by atoms with van der Waals surface area (Å²) >= 11 is 1.39. The molecule has 0 saturated heterocycles. The van der Waals surface area contributed by atoms with E-state index >= 15 is 0 Å². The third-order valence-corrected chi connectivity index (χ3v) is 3.80. The number of hydrogen-bond acceptors (Lipinski definition) is 4. The van der Waals surface area contributed by atoms with Gasteiger partial charge in [0.1, 0.15) is 11.6 Å². The van der Waals surface area contributed by atoms with Gasteiger partial charge in [-0.05, 0) is 25.1 Å². The molecule has 0 spiro atoms. The number of benzene rings is 1. The van der Waals surface area contributed by atoms with Gasteiger partial charge in [-0.15, -0.1) is 11.8 Å². The van der Waals surface area contributed by atoms with E-state index in [9.17, 15) is 9.18 Å². The Bertz CT molecular complexity index is 676. The number of aryl methyl sites for hydroxylation is 1. The summed E-state index contributed by atoms with van der Waals surface area (Å²) in [6.45, 7) is 1.87. The standard InChI is InChI=1S/C15H14FNO3S/c1-9-5-11(20-2)6-10(17-9)8-21-12-3-4-14(16)13(7-12)15(18)19/h3-7H,8H2,1-2H3,(H,18,19). The smallest absolute Gasteiger partial charge is 0.338 e. The lowest BCUT2D eigenvalue weighted by Crippen LogP contribution is -2.00. The fraction of sp³-hybridized carbons (Fsp3) is 0.200. The minimum atomic E-state index is -1.27. The van der Waals surface area contributed by atoms with Crippen LogP contribution in [0.3, 0.4) is 0 Å². The maximum atomic E-state index is 13.3. The van der Waals surface area contributed by atoms with Gasteiger partial charge >= 0.3 is 5.97 Å². The Morgan fingerprint density at radius 1 is 1.38 bits per heavy atom. The molecule has 6 heteroatoms. The van der Waals surface area contributed by atoms with Gasteiger partial charge in [-0.3, -0.25) is 4.98 Å². The highest BCUT2D eigenvalue weighted by atomic mass is 32.2. The number of nitrogens with zero attached hydrogens (tertiary/aromatic N) is 1. The number of hydrogen-bond donors (Lipinski definition) is 1. The number of pyridine rings is 1. The number of thioether (sulfide) groups is 1. The summed E-state index contributed by atoms with van der Waals surface area (Å²) in [6, 6.07) is 7.70. The number of rotatable bonds is 5. The number of carboxylic acids is 1. The third-order valence-electron chi connectivity index (χ3n) is 2.77. The van der Waals surface area contributed by atoms with Crippen molar-refractivity contribution < 1.29 is 19.0 Å². The zero-order chi connectivity index (χ0) is 15.4. The van der Waals surface area contributed by atoms with Crippen LogP contribution in [0.5, 0.6) is 5.75 Å². The van der Waals surface area contributed by atoms with Crippen LogP contribution in [0.15, 0.2) is 35.2 Å². The SMILES string of the molecule is COc1cc(C)nc(CSc2ccc(F)c(C(=O)O)c2)c1. The second-order valence-corrected chi connectivity index (χ2v) is 5.42. The van der Waals surface area contributed by atoms with Crippen molar-refractivity contribution in [2.45, 2.75) is 17.6 Å². The highest BCUT2D eigenvalue weighted by Gasteiger charge is 2.11. The van der Waals surface area contributed by atoms with Crippen LogP contribution in [0.25, 0.3) is 0 Å². The van der Waals surface area contributed by atoms with Crippen LogP contribution < -0.4 is 4.74 Å². The molecule has 1 aromatic carbocycles. The predicted octanol–water partition coefficient (Wildman–Crippen LogP) is 3.53. The minimum absolute atomic E-state index is 0.324. The van der Waals surface area contributed by atoms with Crippen molar-refractivity contribution in [3.8, 4) is 5.75 Å². The molecule has 1 heterocycles. The molecule has 1 aromatic heterocycles. The number of carbonyl (C=O) groups is 1. The van der Waals surface area contributed by atoms with Gasteiger partial charge in [0, 0.05) is 28.5 Å². The Morgan fingerprint density at radius 2 is 2.14 bits per heavy atom.